The maximum atomic E-state index is 14.3. The summed E-state index contributed by atoms with van der Waals surface area (Å²) in [4.78, 5) is 32.3. The molecule has 0 aliphatic carbocycles. The molecule has 172 valence electrons. The highest BCUT2D eigenvalue weighted by Gasteiger charge is 2.27. The summed E-state index contributed by atoms with van der Waals surface area (Å²) in [7, 11) is 1.76. The van der Waals surface area contributed by atoms with Crippen LogP contribution >= 0.6 is 0 Å². The highest BCUT2D eigenvalue weighted by Crippen LogP contribution is 2.21. The third-order valence-corrected chi connectivity index (χ3v) is 5.44. The van der Waals surface area contributed by atoms with E-state index in [4.69, 9.17) is 4.74 Å². The van der Waals surface area contributed by atoms with Crippen molar-refractivity contribution in [1.29, 1.82) is 0 Å². The molecule has 0 radical (unpaired) electrons. The Kier molecular flexibility index (Phi) is 7.99. The van der Waals surface area contributed by atoms with Crippen LogP contribution in [0.4, 0.5) is 25.4 Å². The van der Waals surface area contributed by atoms with Crippen LogP contribution in [0.25, 0.3) is 0 Å². The molecule has 0 saturated carbocycles. The molecule has 1 aliphatic heterocycles. The molecule has 0 spiro atoms. The number of piperidine rings is 1. The maximum absolute atomic E-state index is 14.3. The smallest absolute Gasteiger partial charge is 0.409 e. The summed E-state index contributed by atoms with van der Waals surface area (Å²) < 4.78 is 19.4. The lowest BCUT2D eigenvalue weighted by molar-refractivity contribution is 0.0735. The molecular formula is C23H30FN5O3. The van der Waals surface area contributed by atoms with Crippen molar-refractivity contribution in [2.75, 3.05) is 37.4 Å². The zero-order chi connectivity index (χ0) is 23.1. The number of nitrogens with one attached hydrogen (secondary N) is 2. The highest BCUT2D eigenvalue weighted by molar-refractivity contribution is 5.99. The van der Waals surface area contributed by atoms with Crippen molar-refractivity contribution in [3.8, 4) is 0 Å². The Balaban J connectivity index is 1.60. The summed E-state index contributed by atoms with van der Waals surface area (Å²) in [5, 5.41) is 5.21. The van der Waals surface area contributed by atoms with Gasteiger partial charge in [0.25, 0.3) is 0 Å². The fourth-order valence-electron chi connectivity index (χ4n) is 3.72. The first-order valence-electron chi connectivity index (χ1n) is 10.8. The van der Waals surface area contributed by atoms with E-state index in [1.807, 2.05) is 6.92 Å². The number of rotatable bonds is 6. The van der Waals surface area contributed by atoms with Gasteiger partial charge < -0.3 is 20.3 Å². The Bertz CT molecular complexity index is 938. The van der Waals surface area contributed by atoms with E-state index in [0.717, 1.165) is 30.6 Å². The van der Waals surface area contributed by atoms with Crippen LogP contribution < -0.4 is 10.6 Å². The van der Waals surface area contributed by atoms with Gasteiger partial charge in [-0.05, 0) is 63.1 Å². The number of urea groups is 1. The molecule has 0 unspecified atom stereocenters. The van der Waals surface area contributed by atoms with Gasteiger partial charge in [0.1, 0.15) is 5.82 Å². The zero-order valence-electron chi connectivity index (χ0n) is 18.7. The predicted octanol–water partition coefficient (Wildman–Crippen LogP) is 4.23. The molecule has 2 aromatic rings. The van der Waals surface area contributed by atoms with Crippen molar-refractivity contribution in [2.24, 2.45) is 0 Å². The van der Waals surface area contributed by atoms with Crippen LogP contribution in [0, 0.1) is 12.7 Å². The SMILES string of the molecule is CCOC(=O)N(C)[C@@H]1CCCN(Cc2ccc(F)c(NC(=O)Nc3ccc(C)nc3)c2)C1. The Morgan fingerprint density at radius 1 is 1.28 bits per heavy atom. The molecule has 1 aliphatic rings. The lowest BCUT2D eigenvalue weighted by Gasteiger charge is -2.37. The number of anilines is 2. The van der Waals surface area contributed by atoms with E-state index < -0.39 is 11.8 Å². The maximum Gasteiger partial charge on any atom is 0.409 e. The first-order valence-corrected chi connectivity index (χ1v) is 10.8. The van der Waals surface area contributed by atoms with Gasteiger partial charge in [-0.25, -0.2) is 14.0 Å². The average molecular weight is 444 g/mol. The second kappa shape index (κ2) is 10.9. The van der Waals surface area contributed by atoms with E-state index in [9.17, 15) is 14.0 Å². The summed E-state index contributed by atoms with van der Waals surface area (Å²) in [5.74, 6) is -0.510. The standard InChI is InChI=1S/C23H30FN5O3/c1-4-32-23(31)28(3)19-6-5-11-29(15-19)14-17-8-10-20(24)21(12-17)27-22(30)26-18-9-7-16(2)25-13-18/h7-10,12-13,19H,4-6,11,14-15H2,1-3H3,(H2,26,27,30)/t19-/m1/s1. The van der Waals surface area contributed by atoms with Gasteiger partial charge in [0.05, 0.1) is 24.2 Å². The van der Waals surface area contributed by atoms with Crippen molar-refractivity contribution in [1.82, 2.24) is 14.8 Å². The monoisotopic (exact) mass is 443 g/mol. The second-order valence-corrected chi connectivity index (χ2v) is 7.92. The number of nitrogens with zero attached hydrogens (tertiary/aromatic N) is 3. The van der Waals surface area contributed by atoms with E-state index in [2.05, 4.69) is 20.5 Å². The molecule has 1 aromatic heterocycles. The minimum atomic E-state index is -0.541. The molecule has 3 rings (SSSR count). The number of carbonyl (C=O) groups is 2. The third kappa shape index (κ3) is 6.40. The topological polar surface area (TPSA) is 86.8 Å². The fraction of sp³-hybridized carbons (Fsp3) is 0.435. The summed E-state index contributed by atoms with van der Waals surface area (Å²) in [6, 6.07) is 7.74. The number of hydrogen-bond donors (Lipinski definition) is 2. The van der Waals surface area contributed by atoms with Crippen LogP contribution in [0.5, 0.6) is 0 Å². The molecule has 1 atom stereocenters. The van der Waals surface area contributed by atoms with E-state index in [1.54, 1.807) is 49.3 Å². The Morgan fingerprint density at radius 3 is 2.81 bits per heavy atom. The Labute approximate surface area is 187 Å². The molecule has 3 amide bonds. The molecule has 9 heteroatoms. The number of hydrogen-bond acceptors (Lipinski definition) is 5. The van der Waals surface area contributed by atoms with Gasteiger partial charge in [0, 0.05) is 31.9 Å². The van der Waals surface area contributed by atoms with Gasteiger partial charge in [-0.3, -0.25) is 9.88 Å². The van der Waals surface area contributed by atoms with Crippen molar-refractivity contribution >= 4 is 23.5 Å². The number of carbonyl (C=O) groups excluding carboxylic acids is 2. The van der Waals surface area contributed by atoms with Crippen LogP contribution in [0.15, 0.2) is 36.5 Å². The van der Waals surface area contributed by atoms with Gasteiger partial charge in [-0.1, -0.05) is 6.07 Å². The van der Waals surface area contributed by atoms with E-state index in [1.165, 1.54) is 6.07 Å². The molecular weight excluding hydrogens is 413 g/mol. The lowest BCUT2D eigenvalue weighted by atomic mass is 10.0. The van der Waals surface area contributed by atoms with E-state index in [-0.39, 0.29) is 17.8 Å². The quantitative estimate of drug-likeness (QED) is 0.698. The second-order valence-electron chi connectivity index (χ2n) is 7.92. The number of amides is 3. The number of likely N-dealkylation sites (N-methyl/N-ethyl adjacent to an activating group) is 1. The van der Waals surface area contributed by atoms with Crippen LogP contribution in [0.3, 0.4) is 0 Å². The number of ether oxygens (including phenoxy) is 1. The van der Waals surface area contributed by atoms with Crippen molar-refractivity contribution in [3.63, 3.8) is 0 Å². The minimum absolute atomic E-state index is 0.0646. The van der Waals surface area contributed by atoms with Gasteiger partial charge in [0.2, 0.25) is 0 Å². The average Bonchev–Trinajstić information content (AvgIpc) is 2.77. The van der Waals surface area contributed by atoms with Crippen molar-refractivity contribution < 1.29 is 18.7 Å². The number of likely N-dealkylation sites (tertiary alicyclic amines) is 1. The molecule has 8 nitrogen and oxygen atoms in total. The van der Waals surface area contributed by atoms with E-state index >= 15 is 0 Å². The number of halogens is 1. The van der Waals surface area contributed by atoms with E-state index in [0.29, 0.717) is 25.4 Å². The van der Waals surface area contributed by atoms with Crippen LogP contribution in [0.2, 0.25) is 0 Å². The van der Waals surface area contributed by atoms with Crippen LogP contribution in [-0.2, 0) is 11.3 Å². The number of aryl methyl sites for hydroxylation is 1. The van der Waals surface area contributed by atoms with Gasteiger partial charge >= 0.3 is 12.1 Å². The molecule has 32 heavy (non-hydrogen) atoms. The predicted molar refractivity (Wildman–Crippen MR) is 121 cm³/mol. The first-order chi connectivity index (χ1) is 15.4. The molecule has 2 N–H and O–H groups in total. The molecule has 1 aromatic carbocycles. The Morgan fingerprint density at radius 2 is 2.09 bits per heavy atom. The van der Waals surface area contributed by atoms with Crippen LogP contribution in [-0.4, -0.2) is 59.7 Å². The van der Waals surface area contributed by atoms with Crippen molar-refractivity contribution in [2.45, 2.75) is 39.3 Å². The highest BCUT2D eigenvalue weighted by atomic mass is 19.1. The minimum Gasteiger partial charge on any atom is -0.450 e. The summed E-state index contributed by atoms with van der Waals surface area (Å²) in [6.45, 7) is 6.16. The number of pyridine rings is 1. The van der Waals surface area contributed by atoms with Crippen LogP contribution in [0.1, 0.15) is 31.0 Å². The zero-order valence-corrected chi connectivity index (χ0v) is 18.7. The fourth-order valence-corrected chi connectivity index (χ4v) is 3.72. The normalized spacial score (nSPS) is 16.3. The molecule has 2 heterocycles. The number of benzene rings is 1. The lowest BCUT2D eigenvalue weighted by Crippen LogP contribution is -2.48. The largest absolute Gasteiger partial charge is 0.450 e. The Hall–Kier alpha value is -3.20. The van der Waals surface area contributed by atoms with Gasteiger partial charge in [-0.15, -0.1) is 0 Å². The number of aromatic nitrogens is 1. The van der Waals surface area contributed by atoms with Gasteiger partial charge in [0.15, 0.2) is 0 Å². The molecule has 1 fully saturated rings. The summed E-state index contributed by atoms with van der Waals surface area (Å²) >= 11 is 0. The molecule has 0 bridgehead atoms. The summed E-state index contributed by atoms with van der Waals surface area (Å²) in [5.41, 5.74) is 2.34. The third-order valence-electron chi connectivity index (χ3n) is 5.44. The summed E-state index contributed by atoms with van der Waals surface area (Å²) in [6.07, 6.45) is 3.09. The first kappa shape index (κ1) is 23.5. The van der Waals surface area contributed by atoms with Gasteiger partial charge in [-0.2, -0.15) is 0 Å². The molecule has 1 saturated heterocycles. The van der Waals surface area contributed by atoms with Crippen molar-refractivity contribution in [3.05, 3.63) is 53.6 Å².